The van der Waals surface area contributed by atoms with Gasteiger partial charge in [-0.15, -0.1) is 0 Å². The van der Waals surface area contributed by atoms with Crippen molar-refractivity contribution in [3.05, 3.63) is 0 Å². The van der Waals surface area contributed by atoms with Crippen LogP contribution < -0.4 is 0 Å². The summed E-state index contributed by atoms with van der Waals surface area (Å²) in [5, 5.41) is 0. The standard InChI is InChI=1S/C24H47N3O2/c1-20(2)29-23-18-22(19-23)28-17-16-25-9-6-21(7-10-25)8-11-26-12-14-27(15-13-26)24(3,4)5/h20-23H,6-19H2,1-5H3/t22-,23-. The molecule has 29 heavy (non-hydrogen) atoms. The van der Waals surface area contributed by atoms with Crippen LogP contribution in [-0.4, -0.2) is 97.5 Å². The van der Waals surface area contributed by atoms with Crippen LogP contribution in [0.25, 0.3) is 0 Å². The first-order chi connectivity index (χ1) is 13.8. The smallest absolute Gasteiger partial charge is 0.0628 e. The van der Waals surface area contributed by atoms with Crippen molar-refractivity contribution in [1.29, 1.82) is 0 Å². The number of rotatable bonds is 9. The van der Waals surface area contributed by atoms with Gasteiger partial charge in [0.05, 0.1) is 24.9 Å². The van der Waals surface area contributed by atoms with E-state index in [0.29, 0.717) is 23.9 Å². The molecular formula is C24H47N3O2. The van der Waals surface area contributed by atoms with Gasteiger partial charge in [-0.05, 0) is 92.3 Å². The minimum absolute atomic E-state index is 0.324. The van der Waals surface area contributed by atoms with Crippen molar-refractivity contribution in [2.24, 2.45) is 5.92 Å². The minimum Gasteiger partial charge on any atom is -0.377 e. The average molecular weight is 410 g/mol. The number of hydrogen-bond donors (Lipinski definition) is 0. The average Bonchev–Trinajstić information content (AvgIpc) is 2.64. The van der Waals surface area contributed by atoms with E-state index in [1.54, 1.807) is 0 Å². The Bertz CT molecular complexity index is 457. The highest BCUT2D eigenvalue weighted by Gasteiger charge is 2.31. The summed E-state index contributed by atoms with van der Waals surface area (Å²) in [7, 11) is 0. The van der Waals surface area contributed by atoms with Crippen LogP contribution in [0.5, 0.6) is 0 Å². The first kappa shape index (κ1) is 23.5. The predicted octanol–water partition coefficient (Wildman–Crippen LogP) is 3.48. The molecule has 5 heteroatoms. The molecule has 2 saturated heterocycles. The Kier molecular flexibility index (Phi) is 8.82. The van der Waals surface area contributed by atoms with Crippen LogP contribution in [0.3, 0.4) is 0 Å². The van der Waals surface area contributed by atoms with E-state index in [0.717, 1.165) is 31.9 Å². The molecule has 2 aliphatic heterocycles. The Balaban J connectivity index is 1.19. The number of likely N-dealkylation sites (tertiary alicyclic amines) is 1. The number of nitrogens with zero attached hydrogens (tertiary/aromatic N) is 3. The van der Waals surface area contributed by atoms with Crippen LogP contribution in [0.1, 0.15) is 66.7 Å². The van der Waals surface area contributed by atoms with E-state index in [2.05, 4.69) is 49.3 Å². The summed E-state index contributed by atoms with van der Waals surface area (Å²) in [6, 6.07) is 0. The van der Waals surface area contributed by atoms with Crippen molar-refractivity contribution in [1.82, 2.24) is 14.7 Å². The van der Waals surface area contributed by atoms with E-state index in [4.69, 9.17) is 9.47 Å². The highest BCUT2D eigenvalue weighted by molar-refractivity contribution is 4.83. The molecule has 0 atom stereocenters. The summed E-state index contributed by atoms with van der Waals surface area (Å²) in [5.41, 5.74) is 0.324. The van der Waals surface area contributed by atoms with E-state index >= 15 is 0 Å². The van der Waals surface area contributed by atoms with Crippen LogP contribution in [0.4, 0.5) is 0 Å². The topological polar surface area (TPSA) is 28.2 Å². The molecule has 0 radical (unpaired) electrons. The van der Waals surface area contributed by atoms with E-state index in [1.165, 1.54) is 65.1 Å². The normalized spacial score (nSPS) is 28.8. The Morgan fingerprint density at radius 3 is 2.03 bits per heavy atom. The Labute approximate surface area is 180 Å². The van der Waals surface area contributed by atoms with Crippen molar-refractivity contribution in [2.45, 2.75) is 90.6 Å². The molecule has 3 rings (SSSR count). The molecular weight excluding hydrogens is 362 g/mol. The quantitative estimate of drug-likeness (QED) is 0.581. The first-order valence-corrected chi connectivity index (χ1v) is 12.3. The molecule has 5 nitrogen and oxygen atoms in total. The summed E-state index contributed by atoms with van der Waals surface area (Å²) in [6.07, 6.45) is 7.52. The van der Waals surface area contributed by atoms with Gasteiger partial charge in [0.15, 0.2) is 0 Å². The Morgan fingerprint density at radius 2 is 1.45 bits per heavy atom. The second-order valence-corrected chi connectivity index (χ2v) is 10.8. The number of piperazine rings is 1. The fourth-order valence-corrected chi connectivity index (χ4v) is 5.00. The van der Waals surface area contributed by atoms with E-state index < -0.39 is 0 Å². The molecule has 3 aliphatic rings. The van der Waals surface area contributed by atoms with Gasteiger partial charge in [-0.1, -0.05) is 0 Å². The summed E-state index contributed by atoms with van der Waals surface area (Å²) in [5.74, 6) is 0.924. The maximum atomic E-state index is 6.05. The molecule has 1 aliphatic carbocycles. The van der Waals surface area contributed by atoms with E-state index in [1.807, 2.05) is 0 Å². The van der Waals surface area contributed by atoms with Gasteiger partial charge in [0.1, 0.15) is 0 Å². The van der Waals surface area contributed by atoms with Crippen LogP contribution in [-0.2, 0) is 9.47 Å². The van der Waals surface area contributed by atoms with Gasteiger partial charge in [0, 0.05) is 38.3 Å². The number of ether oxygens (including phenoxy) is 2. The third kappa shape index (κ3) is 7.77. The van der Waals surface area contributed by atoms with Crippen LogP contribution in [0, 0.1) is 5.92 Å². The second-order valence-electron chi connectivity index (χ2n) is 10.8. The molecule has 2 heterocycles. The third-order valence-electron chi connectivity index (χ3n) is 7.16. The van der Waals surface area contributed by atoms with Crippen molar-refractivity contribution in [3.63, 3.8) is 0 Å². The highest BCUT2D eigenvalue weighted by Crippen LogP contribution is 2.27. The lowest BCUT2D eigenvalue weighted by Gasteiger charge is -2.42. The van der Waals surface area contributed by atoms with Crippen LogP contribution >= 0.6 is 0 Å². The summed E-state index contributed by atoms with van der Waals surface area (Å²) in [4.78, 5) is 7.93. The molecule has 0 unspecified atom stereocenters. The van der Waals surface area contributed by atoms with Gasteiger partial charge < -0.3 is 19.3 Å². The van der Waals surface area contributed by atoms with Crippen molar-refractivity contribution >= 4 is 0 Å². The molecule has 0 bridgehead atoms. The molecule has 0 aromatic heterocycles. The van der Waals surface area contributed by atoms with Gasteiger partial charge >= 0.3 is 0 Å². The van der Waals surface area contributed by atoms with Crippen molar-refractivity contribution in [2.75, 3.05) is 59.0 Å². The largest absolute Gasteiger partial charge is 0.377 e. The fourth-order valence-electron chi connectivity index (χ4n) is 5.00. The first-order valence-electron chi connectivity index (χ1n) is 12.3. The maximum Gasteiger partial charge on any atom is 0.0628 e. The number of piperidine rings is 1. The molecule has 0 aromatic carbocycles. The molecule has 0 N–H and O–H groups in total. The fraction of sp³-hybridized carbons (Fsp3) is 1.00. The summed E-state index contributed by atoms with van der Waals surface area (Å²) >= 11 is 0. The zero-order chi connectivity index (χ0) is 20.9. The van der Waals surface area contributed by atoms with Gasteiger partial charge in [-0.2, -0.15) is 0 Å². The van der Waals surface area contributed by atoms with Gasteiger partial charge in [0.25, 0.3) is 0 Å². The lowest BCUT2D eigenvalue weighted by molar-refractivity contribution is -0.120. The van der Waals surface area contributed by atoms with E-state index in [-0.39, 0.29) is 0 Å². The van der Waals surface area contributed by atoms with E-state index in [9.17, 15) is 0 Å². The Morgan fingerprint density at radius 1 is 0.828 bits per heavy atom. The van der Waals surface area contributed by atoms with Gasteiger partial charge in [0.2, 0.25) is 0 Å². The molecule has 170 valence electrons. The second kappa shape index (κ2) is 10.9. The minimum atomic E-state index is 0.324. The molecule has 1 saturated carbocycles. The van der Waals surface area contributed by atoms with Crippen molar-refractivity contribution < 1.29 is 9.47 Å². The zero-order valence-corrected chi connectivity index (χ0v) is 19.9. The lowest BCUT2D eigenvalue weighted by atomic mass is 9.91. The maximum absolute atomic E-state index is 6.05. The van der Waals surface area contributed by atoms with Crippen molar-refractivity contribution in [3.8, 4) is 0 Å². The lowest BCUT2D eigenvalue weighted by Crippen LogP contribution is -2.53. The van der Waals surface area contributed by atoms with Gasteiger partial charge in [-0.3, -0.25) is 4.90 Å². The Hall–Kier alpha value is -0.200. The molecule has 0 aromatic rings. The SMILES string of the molecule is CC(C)O[C@H]1C[C@H](OCCN2CCC(CCN3CCN(C(C)(C)C)CC3)CC2)C1. The summed E-state index contributed by atoms with van der Waals surface area (Å²) in [6.45, 7) is 22.0. The molecule has 0 amide bonds. The number of hydrogen-bond acceptors (Lipinski definition) is 5. The van der Waals surface area contributed by atoms with Crippen LogP contribution in [0.2, 0.25) is 0 Å². The molecule has 3 fully saturated rings. The monoisotopic (exact) mass is 409 g/mol. The van der Waals surface area contributed by atoms with Crippen LogP contribution in [0.15, 0.2) is 0 Å². The predicted molar refractivity (Wildman–Crippen MR) is 121 cm³/mol. The third-order valence-corrected chi connectivity index (χ3v) is 7.16. The summed E-state index contributed by atoms with van der Waals surface area (Å²) < 4.78 is 11.9. The van der Waals surface area contributed by atoms with Gasteiger partial charge in [-0.25, -0.2) is 0 Å². The highest BCUT2D eigenvalue weighted by atomic mass is 16.5. The molecule has 0 spiro atoms. The zero-order valence-electron chi connectivity index (χ0n) is 19.9.